The molecule has 0 saturated heterocycles. The van der Waals surface area contributed by atoms with Crippen LogP contribution in [0.2, 0.25) is 5.02 Å². The van der Waals surface area contributed by atoms with Crippen molar-refractivity contribution in [3.8, 4) is 0 Å². The van der Waals surface area contributed by atoms with Gasteiger partial charge in [0.15, 0.2) is 0 Å². The van der Waals surface area contributed by atoms with Gasteiger partial charge in [-0.15, -0.1) is 11.8 Å². The number of aromatic nitrogens is 2. The summed E-state index contributed by atoms with van der Waals surface area (Å²) >= 11 is 7.50. The lowest BCUT2D eigenvalue weighted by Gasteiger charge is -2.05. The third-order valence-corrected chi connectivity index (χ3v) is 4.36. The van der Waals surface area contributed by atoms with Gasteiger partial charge < -0.3 is 0 Å². The molecule has 5 heteroatoms. The number of rotatable bonds is 3. The van der Waals surface area contributed by atoms with E-state index in [0.29, 0.717) is 11.4 Å². The molecule has 0 spiro atoms. The fourth-order valence-corrected chi connectivity index (χ4v) is 2.94. The Hall–Kier alpha value is -1.78. The first kappa shape index (κ1) is 14.2. The molecular formula is C16H13ClN2OS. The van der Waals surface area contributed by atoms with Crippen molar-refractivity contribution in [1.82, 2.24) is 9.38 Å². The zero-order valence-electron chi connectivity index (χ0n) is 11.4. The standard InChI is InChI=1S/C16H13ClN2OS/c1-11-2-7-15-18-13(8-16(20)19(15)9-11)10-21-14-5-3-12(17)4-6-14/h2-9H,10H2,1H3. The average Bonchev–Trinajstić information content (AvgIpc) is 2.47. The van der Waals surface area contributed by atoms with Crippen molar-refractivity contribution in [2.45, 2.75) is 17.6 Å². The number of nitrogens with zero attached hydrogens (tertiary/aromatic N) is 2. The molecule has 0 aliphatic rings. The van der Waals surface area contributed by atoms with Crippen LogP contribution >= 0.6 is 23.4 Å². The van der Waals surface area contributed by atoms with Gasteiger partial charge in [0.1, 0.15) is 5.65 Å². The minimum atomic E-state index is -0.0459. The van der Waals surface area contributed by atoms with Crippen LogP contribution in [0.1, 0.15) is 11.3 Å². The minimum absolute atomic E-state index is 0.0459. The summed E-state index contributed by atoms with van der Waals surface area (Å²) in [6.07, 6.45) is 1.81. The molecule has 0 radical (unpaired) electrons. The van der Waals surface area contributed by atoms with E-state index in [2.05, 4.69) is 4.98 Å². The highest BCUT2D eigenvalue weighted by Gasteiger charge is 2.03. The van der Waals surface area contributed by atoms with Gasteiger partial charge in [-0.05, 0) is 42.8 Å². The van der Waals surface area contributed by atoms with Gasteiger partial charge in [-0.1, -0.05) is 17.7 Å². The van der Waals surface area contributed by atoms with E-state index in [4.69, 9.17) is 11.6 Å². The fourth-order valence-electron chi connectivity index (χ4n) is 2.02. The second-order valence-corrected chi connectivity index (χ2v) is 6.25. The summed E-state index contributed by atoms with van der Waals surface area (Å²) in [5, 5.41) is 0.719. The maximum absolute atomic E-state index is 12.1. The summed E-state index contributed by atoms with van der Waals surface area (Å²) in [5.41, 5.74) is 2.45. The smallest absolute Gasteiger partial charge is 0.258 e. The van der Waals surface area contributed by atoms with E-state index >= 15 is 0 Å². The van der Waals surface area contributed by atoms with Crippen LogP contribution in [-0.2, 0) is 5.75 Å². The topological polar surface area (TPSA) is 34.4 Å². The molecule has 0 aliphatic carbocycles. The monoisotopic (exact) mass is 316 g/mol. The molecule has 0 unspecified atom stereocenters. The number of pyridine rings is 1. The van der Waals surface area contributed by atoms with E-state index in [9.17, 15) is 4.79 Å². The van der Waals surface area contributed by atoms with E-state index in [0.717, 1.165) is 21.2 Å². The Kier molecular flexibility index (Phi) is 3.99. The minimum Gasteiger partial charge on any atom is -0.269 e. The van der Waals surface area contributed by atoms with Crippen LogP contribution in [0.25, 0.3) is 5.65 Å². The van der Waals surface area contributed by atoms with Crippen molar-refractivity contribution in [3.63, 3.8) is 0 Å². The molecule has 3 rings (SSSR count). The number of thioether (sulfide) groups is 1. The van der Waals surface area contributed by atoms with Crippen LogP contribution in [0, 0.1) is 6.92 Å². The van der Waals surface area contributed by atoms with Gasteiger partial charge in [0, 0.05) is 27.9 Å². The Labute approximate surface area is 131 Å². The van der Waals surface area contributed by atoms with Gasteiger partial charge in [0.2, 0.25) is 0 Å². The summed E-state index contributed by atoms with van der Waals surface area (Å²) in [6.45, 7) is 1.95. The van der Waals surface area contributed by atoms with E-state index in [1.54, 1.807) is 28.4 Å². The molecule has 0 atom stereocenters. The molecule has 3 aromatic rings. The normalized spacial score (nSPS) is 11.0. The predicted molar refractivity (Wildman–Crippen MR) is 87.2 cm³/mol. The van der Waals surface area contributed by atoms with Crippen molar-refractivity contribution >= 4 is 29.0 Å². The maximum atomic E-state index is 12.1. The Bertz CT molecular complexity index is 843. The van der Waals surface area contributed by atoms with E-state index in [-0.39, 0.29) is 5.56 Å². The second-order valence-electron chi connectivity index (χ2n) is 4.76. The average molecular weight is 317 g/mol. The van der Waals surface area contributed by atoms with E-state index in [1.807, 2.05) is 43.3 Å². The molecule has 0 aliphatic heterocycles. The first-order chi connectivity index (χ1) is 10.1. The first-order valence-electron chi connectivity index (χ1n) is 6.49. The first-order valence-corrected chi connectivity index (χ1v) is 7.85. The lowest BCUT2D eigenvalue weighted by atomic mass is 10.3. The van der Waals surface area contributed by atoms with Gasteiger partial charge in [0.05, 0.1) is 5.69 Å². The third-order valence-electron chi connectivity index (χ3n) is 3.06. The number of benzene rings is 1. The molecule has 0 N–H and O–H groups in total. The Morgan fingerprint density at radius 2 is 1.95 bits per heavy atom. The molecule has 0 saturated carbocycles. The molecule has 2 aromatic heterocycles. The summed E-state index contributed by atoms with van der Waals surface area (Å²) in [6, 6.07) is 13.1. The molecule has 106 valence electrons. The third kappa shape index (κ3) is 3.28. The van der Waals surface area contributed by atoms with Gasteiger partial charge in [-0.25, -0.2) is 4.98 Å². The Morgan fingerprint density at radius 3 is 2.71 bits per heavy atom. The lowest BCUT2D eigenvalue weighted by molar-refractivity contribution is 1.00. The van der Waals surface area contributed by atoms with E-state index < -0.39 is 0 Å². The van der Waals surface area contributed by atoms with Crippen molar-refractivity contribution in [2.24, 2.45) is 0 Å². The molecule has 0 bridgehead atoms. The lowest BCUT2D eigenvalue weighted by Crippen LogP contribution is -2.15. The van der Waals surface area contributed by atoms with Crippen molar-refractivity contribution in [3.05, 3.63) is 75.3 Å². The summed E-state index contributed by atoms with van der Waals surface area (Å²) < 4.78 is 1.58. The predicted octanol–water partition coefficient (Wildman–Crippen LogP) is 3.95. The second kappa shape index (κ2) is 5.92. The highest BCUT2D eigenvalue weighted by Crippen LogP contribution is 2.23. The number of hydrogen-bond donors (Lipinski definition) is 0. The van der Waals surface area contributed by atoms with Crippen molar-refractivity contribution < 1.29 is 0 Å². The fraction of sp³-hybridized carbons (Fsp3) is 0.125. The highest BCUT2D eigenvalue weighted by molar-refractivity contribution is 7.98. The molecule has 0 amide bonds. The number of aryl methyl sites for hydroxylation is 1. The molecule has 0 fully saturated rings. The van der Waals surface area contributed by atoms with Gasteiger partial charge >= 0.3 is 0 Å². The molecule has 21 heavy (non-hydrogen) atoms. The van der Waals surface area contributed by atoms with Crippen LogP contribution < -0.4 is 5.56 Å². The Balaban J connectivity index is 1.86. The highest BCUT2D eigenvalue weighted by atomic mass is 35.5. The summed E-state index contributed by atoms with van der Waals surface area (Å²) in [7, 11) is 0. The zero-order chi connectivity index (χ0) is 14.8. The van der Waals surface area contributed by atoms with Crippen LogP contribution in [0.15, 0.2) is 58.4 Å². The SMILES string of the molecule is Cc1ccc2nc(CSc3ccc(Cl)cc3)cc(=O)n2c1. The number of halogens is 1. The van der Waals surface area contributed by atoms with Crippen LogP contribution in [-0.4, -0.2) is 9.38 Å². The molecular weight excluding hydrogens is 304 g/mol. The van der Waals surface area contributed by atoms with Crippen molar-refractivity contribution in [1.29, 1.82) is 0 Å². The van der Waals surface area contributed by atoms with Crippen molar-refractivity contribution in [2.75, 3.05) is 0 Å². The van der Waals surface area contributed by atoms with Crippen LogP contribution in [0.4, 0.5) is 0 Å². The Morgan fingerprint density at radius 1 is 1.19 bits per heavy atom. The molecule has 2 heterocycles. The van der Waals surface area contributed by atoms with Gasteiger partial charge in [-0.2, -0.15) is 0 Å². The van der Waals surface area contributed by atoms with Gasteiger partial charge in [-0.3, -0.25) is 9.20 Å². The summed E-state index contributed by atoms with van der Waals surface area (Å²) in [4.78, 5) is 17.7. The number of hydrogen-bond acceptors (Lipinski definition) is 3. The van der Waals surface area contributed by atoms with E-state index in [1.165, 1.54) is 0 Å². The maximum Gasteiger partial charge on any atom is 0.258 e. The molecule has 3 nitrogen and oxygen atoms in total. The summed E-state index contributed by atoms with van der Waals surface area (Å²) in [5.74, 6) is 0.654. The quantitative estimate of drug-likeness (QED) is 0.686. The zero-order valence-corrected chi connectivity index (χ0v) is 13.0. The molecule has 1 aromatic carbocycles. The van der Waals surface area contributed by atoms with Crippen LogP contribution in [0.3, 0.4) is 0 Å². The number of fused-ring (bicyclic) bond motifs is 1. The largest absolute Gasteiger partial charge is 0.269 e. The van der Waals surface area contributed by atoms with Gasteiger partial charge in [0.25, 0.3) is 5.56 Å². The van der Waals surface area contributed by atoms with Crippen LogP contribution in [0.5, 0.6) is 0 Å².